The number of rotatable bonds is 3. The molecule has 0 aromatic carbocycles. The Hall–Kier alpha value is -0.200. The summed E-state index contributed by atoms with van der Waals surface area (Å²) < 4.78 is -0.546. The summed E-state index contributed by atoms with van der Waals surface area (Å²) in [5, 5.41) is 16.0. The van der Waals surface area contributed by atoms with E-state index in [0.29, 0.717) is 0 Å². The number of carboxylic acids is 1. The van der Waals surface area contributed by atoms with Gasteiger partial charge in [0.2, 0.25) is 0 Å². The number of nitrogens with one attached hydrogen (secondary N) is 2. The highest BCUT2D eigenvalue weighted by Gasteiger charge is 2.33. The summed E-state index contributed by atoms with van der Waals surface area (Å²) in [5.41, 5.74) is 0.206. The number of halogens is 1. The SMILES string of the molecule is CCNC1(Br)NC(C(=O)O)=CS1. The van der Waals surface area contributed by atoms with E-state index in [-0.39, 0.29) is 5.70 Å². The zero-order valence-corrected chi connectivity index (χ0v) is 8.83. The quantitative estimate of drug-likeness (QED) is 0.514. The molecule has 0 saturated heterocycles. The Morgan fingerprint density at radius 3 is 3.08 bits per heavy atom. The Labute approximate surface area is 82.9 Å². The van der Waals surface area contributed by atoms with E-state index in [2.05, 4.69) is 26.6 Å². The monoisotopic (exact) mass is 252 g/mol. The molecule has 1 aliphatic rings. The van der Waals surface area contributed by atoms with Gasteiger partial charge < -0.3 is 10.4 Å². The zero-order valence-electron chi connectivity index (χ0n) is 6.43. The summed E-state index contributed by atoms with van der Waals surface area (Å²) in [4.78, 5) is 10.5. The van der Waals surface area contributed by atoms with Crippen LogP contribution in [0.3, 0.4) is 0 Å². The number of thioether (sulfide) groups is 1. The van der Waals surface area contributed by atoms with Crippen LogP contribution in [0, 0.1) is 0 Å². The minimum Gasteiger partial charge on any atom is -0.477 e. The van der Waals surface area contributed by atoms with Gasteiger partial charge in [-0.2, -0.15) is 0 Å². The average Bonchev–Trinajstić information content (AvgIpc) is 2.33. The Morgan fingerprint density at radius 1 is 2.00 bits per heavy atom. The molecular formula is C6H9BrN2O2S. The zero-order chi connectivity index (χ0) is 9.19. The van der Waals surface area contributed by atoms with E-state index in [1.165, 1.54) is 11.8 Å². The third kappa shape index (κ3) is 2.15. The van der Waals surface area contributed by atoms with Crippen molar-refractivity contribution in [3.63, 3.8) is 0 Å². The van der Waals surface area contributed by atoms with Crippen molar-refractivity contribution in [3.05, 3.63) is 11.1 Å². The molecule has 6 heteroatoms. The van der Waals surface area contributed by atoms with E-state index in [1.54, 1.807) is 5.41 Å². The predicted octanol–water partition coefficient (Wildman–Crippen LogP) is 0.865. The fraction of sp³-hybridized carbons (Fsp3) is 0.500. The summed E-state index contributed by atoms with van der Waals surface area (Å²) in [6.07, 6.45) is 0. The van der Waals surface area contributed by atoms with Gasteiger partial charge in [-0.1, -0.05) is 18.7 Å². The van der Waals surface area contributed by atoms with Crippen LogP contribution in [0.15, 0.2) is 11.1 Å². The van der Waals surface area contributed by atoms with Crippen molar-refractivity contribution in [1.29, 1.82) is 0 Å². The van der Waals surface area contributed by atoms with Crippen LogP contribution in [0.2, 0.25) is 0 Å². The van der Waals surface area contributed by atoms with Crippen LogP contribution in [-0.2, 0) is 4.79 Å². The highest BCUT2D eigenvalue weighted by Crippen LogP contribution is 2.34. The molecule has 1 rings (SSSR count). The molecule has 4 nitrogen and oxygen atoms in total. The third-order valence-corrected chi connectivity index (χ3v) is 3.23. The van der Waals surface area contributed by atoms with Gasteiger partial charge in [-0.05, 0) is 22.5 Å². The smallest absolute Gasteiger partial charge is 0.352 e. The summed E-state index contributed by atoms with van der Waals surface area (Å²) >= 11 is 4.70. The summed E-state index contributed by atoms with van der Waals surface area (Å²) in [6.45, 7) is 2.70. The van der Waals surface area contributed by atoms with Crippen LogP contribution in [0.1, 0.15) is 6.92 Å². The van der Waals surface area contributed by atoms with Crippen molar-refractivity contribution in [2.45, 2.75) is 10.8 Å². The van der Waals surface area contributed by atoms with Gasteiger partial charge in [0.15, 0.2) is 3.90 Å². The van der Waals surface area contributed by atoms with E-state index in [0.717, 1.165) is 6.54 Å². The molecule has 0 saturated carbocycles. The molecule has 1 unspecified atom stereocenters. The van der Waals surface area contributed by atoms with Gasteiger partial charge >= 0.3 is 5.97 Å². The van der Waals surface area contributed by atoms with Gasteiger partial charge in [0.25, 0.3) is 0 Å². The molecule has 12 heavy (non-hydrogen) atoms. The molecule has 68 valence electrons. The minimum atomic E-state index is -0.943. The van der Waals surface area contributed by atoms with Crippen molar-refractivity contribution in [1.82, 2.24) is 10.6 Å². The van der Waals surface area contributed by atoms with Crippen LogP contribution in [0.5, 0.6) is 0 Å². The molecule has 1 atom stereocenters. The number of carboxylic acid groups (broad SMARTS) is 1. The lowest BCUT2D eigenvalue weighted by Gasteiger charge is -2.22. The van der Waals surface area contributed by atoms with Crippen LogP contribution >= 0.6 is 27.7 Å². The maximum absolute atomic E-state index is 10.5. The molecule has 0 fully saturated rings. The van der Waals surface area contributed by atoms with Gasteiger partial charge in [0.1, 0.15) is 5.70 Å². The lowest BCUT2D eigenvalue weighted by molar-refractivity contribution is -0.133. The van der Waals surface area contributed by atoms with Gasteiger partial charge in [0.05, 0.1) is 0 Å². The first kappa shape index (κ1) is 9.88. The van der Waals surface area contributed by atoms with Crippen molar-refractivity contribution in [2.75, 3.05) is 6.54 Å². The third-order valence-electron chi connectivity index (χ3n) is 1.27. The minimum absolute atomic E-state index is 0.206. The molecule has 1 heterocycles. The summed E-state index contributed by atoms with van der Waals surface area (Å²) in [6, 6.07) is 0. The fourth-order valence-electron chi connectivity index (χ4n) is 0.789. The van der Waals surface area contributed by atoms with Gasteiger partial charge in [-0.25, -0.2) is 4.79 Å². The normalized spacial score (nSPS) is 28.0. The molecule has 0 aromatic heterocycles. The van der Waals surface area contributed by atoms with E-state index in [9.17, 15) is 4.79 Å². The lowest BCUT2D eigenvalue weighted by Crippen LogP contribution is -2.46. The second-order valence-electron chi connectivity index (χ2n) is 2.21. The largest absolute Gasteiger partial charge is 0.477 e. The number of hydrogen-bond acceptors (Lipinski definition) is 4. The molecule has 0 bridgehead atoms. The Balaban J connectivity index is 2.55. The highest BCUT2D eigenvalue weighted by atomic mass is 79.9. The average molecular weight is 253 g/mol. The van der Waals surface area contributed by atoms with Crippen molar-refractivity contribution < 1.29 is 9.90 Å². The van der Waals surface area contributed by atoms with Gasteiger partial charge in [-0.15, -0.1) is 0 Å². The van der Waals surface area contributed by atoms with E-state index in [4.69, 9.17) is 5.11 Å². The molecule has 3 N–H and O–H groups in total. The molecule has 0 radical (unpaired) electrons. The van der Waals surface area contributed by atoms with Crippen LogP contribution in [0.25, 0.3) is 0 Å². The first-order valence-electron chi connectivity index (χ1n) is 3.41. The fourth-order valence-corrected chi connectivity index (χ4v) is 2.40. The standard InChI is InChI=1S/C6H9BrN2O2S/c1-2-8-6(7)9-4(3-12-6)5(10)11/h3,8-9H,2H2,1H3,(H,10,11). The number of alkyl halides is 1. The van der Waals surface area contributed by atoms with Crippen molar-refractivity contribution in [3.8, 4) is 0 Å². The molecule has 0 amide bonds. The first-order chi connectivity index (χ1) is 5.57. The van der Waals surface area contributed by atoms with Gasteiger partial charge in [-0.3, -0.25) is 5.32 Å². The highest BCUT2D eigenvalue weighted by molar-refractivity contribution is 9.11. The summed E-state index contributed by atoms with van der Waals surface area (Å²) in [7, 11) is 0. The maximum atomic E-state index is 10.5. The Kier molecular flexibility index (Phi) is 3.03. The summed E-state index contributed by atoms with van der Waals surface area (Å²) in [5.74, 6) is -0.943. The molecule has 1 aliphatic heterocycles. The Bertz CT molecular complexity index is 234. The molecule has 0 spiro atoms. The van der Waals surface area contributed by atoms with E-state index < -0.39 is 9.87 Å². The van der Waals surface area contributed by atoms with E-state index in [1.807, 2.05) is 6.92 Å². The van der Waals surface area contributed by atoms with Crippen LogP contribution in [0.4, 0.5) is 0 Å². The Morgan fingerprint density at radius 2 is 2.67 bits per heavy atom. The second kappa shape index (κ2) is 3.68. The van der Waals surface area contributed by atoms with E-state index >= 15 is 0 Å². The second-order valence-corrected chi connectivity index (χ2v) is 5.00. The first-order valence-corrected chi connectivity index (χ1v) is 5.08. The predicted molar refractivity (Wildman–Crippen MR) is 51.8 cm³/mol. The van der Waals surface area contributed by atoms with Crippen LogP contribution < -0.4 is 10.6 Å². The van der Waals surface area contributed by atoms with Crippen LogP contribution in [-0.4, -0.2) is 21.5 Å². The molecular weight excluding hydrogens is 244 g/mol. The van der Waals surface area contributed by atoms with Gasteiger partial charge in [0, 0.05) is 5.41 Å². The lowest BCUT2D eigenvalue weighted by atomic mass is 10.5. The topological polar surface area (TPSA) is 61.4 Å². The number of carbonyl (C=O) groups is 1. The van der Waals surface area contributed by atoms with Crippen molar-refractivity contribution in [2.24, 2.45) is 0 Å². The number of aliphatic carboxylic acids is 1. The van der Waals surface area contributed by atoms with Crippen molar-refractivity contribution >= 4 is 33.7 Å². The molecule has 0 aliphatic carbocycles. The molecule has 0 aromatic rings. The number of hydrogen-bond donors (Lipinski definition) is 3. The maximum Gasteiger partial charge on any atom is 0.352 e.